The summed E-state index contributed by atoms with van der Waals surface area (Å²) >= 11 is 8.01. The Labute approximate surface area is 235 Å². The number of nitrogens with one attached hydrogen (secondary N) is 1. The Morgan fingerprint density at radius 1 is 1.05 bits per heavy atom. The lowest BCUT2D eigenvalue weighted by molar-refractivity contribution is -0.384. The molecule has 0 atom stereocenters. The highest BCUT2D eigenvalue weighted by molar-refractivity contribution is 14.1. The molecule has 3 aromatic rings. The van der Waals surface area contributed by atoms with Crippen molar-refractivity contribution < 1.29 is 28.8 Å². The van der Waals surface area contributed by atoms with Crippen LogP contribution in [0.25, 0.3) is 6.08 Å². The van der Waals surface area contributed by atoms with Crippen molar-refractivity contribution in [2.75, 3.05) is 11.5 Å². The number of nitrogens with zero attached hydrogens (tertiary/aromatic N) is 2. The summed E-state index contributed by atoms with van der Waals surface area (Å²) < 4.78 is 12.4. The molecule has 0 spiro atoms. The van der Waals surface area contributed by atoms with Crippen LogP contribution in [-0.2, 0) is 16.2 Å². The lowest BCUT2D eigenvalue weighted by Crippen LogP contribution is -2.54. The highest BCUT2D eigenvalue weighted by Gasteiger charge is 2.37. The van der Waals surface area contributed by atoms with Gasteiger partial charge in [-0.1, -0.05) is 23.7 Å². The fourth-order valence-corrected chi connectivity index (χ4v) is 4.50. The normalized spacial score (nSPS) is 14.4. The third-order valence-electron chi connectivity index (χ3n) is 5.36. The molecule has 38 heavy (non-hydrogen) atoms. The molecule has 4 rings (SSSR count). The zero-order chi connectivity index (χ0) is 27.4. The molecular weight excluding hydrogens is 629 g/mol. The Morgan fingerprint density at radius 2 is 1.74 bits per heavy atom. The second kappa shape index (κ2) is 11.6. The van der Waals surface area contributed by atoms with Crippen molar-refractivity contribution >= 4 is 69.5 Å². The minimum absolute atomic E-state index is 0.0760. The van der Waals surface area contributed by atoms with E-state index in [9.17, 15) is 24.5 Å². The number of amides is 4. The number of hydrogen-bond donors (Lipinski definition) is 1. The fraction of sp³-hybridized carbons (Fsp3) is 0.115. The molecule has 1 fully saturated rings. The molecule has 0 bridgehead atoms. The van der Waals surface area contributed by atoms with Gasteiger partial charge < -0.3 is 9.47 Å². The minimum atomic E-state index is -0.957. The summed E-state index contributed by atoms with van der Waals surface area (Å²) in [6.45, 7) is 2.42. The maximum Gasteiger partial charge on any atom is 0.335 e. The molecule has 4 amide bonds. The van der Waals surface area contributed by atoms with Crippen molar-refractivity contribution in [2.45, 2.75) is 13.5 Å². The Bertz CT molecular complexity index is 1460. The zero-order valence-corrected chi connectivity index (χ0v) is 22.7. The highest BCUT2D eigenvalue weighted by Crippen LogP contribution is 2.36. The van der Waals surface area contributed by atoms with Gasteiger partial charge in [0.1, 0.15) is 12.2 Å². The number of hydrogen-bond acceptors (Lipinski definition) is 7. The topological polar surface area (TPSA) is 128 Å². The number of carbonyl (C=O) groups is 3. The molecule has 0 unspecified atom stereocenters. The van der Waals surface area contributed by atoms with E-state index in [4.69, 9.17) is 21.1 Å². The predicted octanol–water partition coefficient (Wildman–Crippen LogP) is 5.50. The number of nitro groups is 1. The minimum Gasteiger partial charge on any atom is -0.490 e. The lowest BCUT2D eigenvalue weighted by atomic mass is 10.1. The smallest absolute Gasteiger partial charge is 0.335 e. The average molecular weight is 648 g/mol. The fourth-order valence-electron chi connectivity index (χ4n) is 3.59. The number of benzene rings is 3. The third kappa shape index (κ3) is 5.94. The van der Waals surface area contributed by atoms with Gasteiger partial charge in [-0.05, 0) is 83.1 Å². The summed E-state index contributed by atoms with van der Waals surface area (Å²) in [4.78, 5) is 49.3. The molecule has 3 aromatic carbocycles. The number of halogens is 2. The maximum absolute atomic E-state index is 13.2. The van der Waals surface area contributed by atoms with Crippen molar-refractivity contribution in [1.82, 2.24) is 5.32 Å². The number of carbonyl (C=O) groups excluding carboxylic acids is 3. The number of nitro benzene ring substituents is 1. The van der Waals surface area contributed by atoms with Crippen LogP contribution in [0, 0.1) is 13.7 Å². The first-order valence-corrected chi connectivity index (χ1v) is 12.6. The van der Waals surface area contributed by atoms with Crippen LogP contribution in [0.5, 0.6) is 11.5 Å². The zero-order valence-electron chi connectivity index (χ0n) is 19.8. The van der Waals surface area contributed by atoms with E-state index in [1.54, 1.807) is 24.3 Å². The Balaban J connectivity index is 1.64. The van der Waals surface area contributed by atoms with Crippen LogP contribution in [0.4, 0.5) is 16.2 Å². The third-order valence-corrected chi connectivity index (χ3v) is 6.41. The molecule has 1 aliphatic rings. The first-order chi connectivity index (χ1) is 18.2. The van der Waals surface area contributed by atoms with E-state index in [0.717, 1.165) is 22.6 Å². The first kappa shape index (κ1) is 27.1. The van der Waals surface area contributed by atoms with Crippen molar-refractivity contribution in [3.8, 4) is 11.5 Å². The SMILES string of the molecule is CCOc1cc(/C=C2\C(=O)NC(=O)N(c3ccc([N+](=O)[O-])cc3)C2=O)cc(I)c1OCc1ccc(Cl)cc1. The van der Waals surface area contributed by atoms with E-state index in [2.05, 4.69) is 27.9 Å². The molecular formula is C26H19ClIN3O7. The number of ether oxygens (including phenoxy) is 2. The van der Waals surface area contributed by atoms with Crippen LogP contribution in [0.3, 0.4) is 0 Å². The molecule has 0 radical (unpaired) electrons. The highest BCUT2D eigenvalue weighted by atomic mass is 127. The van der Waals surface area contributed by atoms with Gasteiger partial charge >= 0.3 is 6.03 Å². The molecule has 1 N–H and O–H groups in total. The van der Waals surface area contributed by atoms with E-state index in [-0.39, 0.29) is 23.6 Å². The molecule has 1 heterocycles. The summed E-state index contributed by atoms with van der Waals surface area (Å²) in [5, 5.41) is 13.7. The summed E-state index contributed by atoms with van der Waals surface area (Å²) in [5.74, 6) is -0.836. The van der Waals surface area contributed by atoms with Gasteiger partial charge in [0.15, 0.2) is 11.5 Å². The molecule has 1 aliphatic heterocycles. The van der Waals surface area contributed by atoms with Crippen LogP contribution in [-0.4, -0.2) is 29.4 Å². The lowest BCUT2D eigenvalue weighted by Gasteiger charge is -2.26. The van der Waals surface area contributed by atoms with E-state index in [1.165, 1.54) is 18.2 Å². The van der Waals surface area contributed by atoms with Gasteiger partial charge in [-0.2, -0.15) is 0 Å². The van der Waals surface area contributed by atoms with Crippen LogP contribution in [0.2, 0.25) is 5.02 Å². The van der Waals surface area contributed by atoms with Gasteiger partial charge in [0.05, 0.1) is 20.8 Å². The molecule has 1 saturated heterocycles. The average Bonchev–Trinajstić information content (AvgIpc) is 2.87. The van der Waals surface area contributed by atoms with Crippen molar-refractivity contribution in [3.05, 3.63) is 96.1 Å². The Kier molecular flexibility index (Phi) is 8.27. The second-order valence-corrected chi connectivity index (χ2v) is 9.51. The molecule has 194 valence electrons. The summed E-state index contributed by atoms with van der Waals surface area (Å²) in [5.41, 5.74) is 0.942. The molecule has 0 saturated carbocycles. The van der Waals surface area contributed by atoms with E-state index in [1.807, 2.05) is 19.1 Å². The summed E-state index contributed by atoms with van der Waals surface area (Å²) in [7, 11) is 0. The van der Waals surface area contributed by atoms with E-state index < -0.39 is 22.8 Å². The quantitative estimate of drug-likeness (QED) is 0.113. The number of anilines is 1. The van der Waals surface area contributed by atoms with Gasteiger partial charge in [-0.3, -0.25) is 25.0 Å². The maximum atomic E-state index is 13.2. The monoisotopic (exact) mass is 647 g/mol. The largest absolute Gasteiger partial charge is 0.490 e. The van der Waals surface area contributed by atoms with Gasteiger partial charge in [0.2, 0.25) is 0 Å². The van der Waals surface area contributed by atoms with Crippen LogP contribution in [0.1, 0.15) is 18.1 Å². The van der Waals surface area contributed by atoms with Crippen molar-refractivity contribution in [3.63, 3.8) is 0 Å². The Morgan fingerprint density at radius 3 is 2.37 bits per heavy atom. The van der Waals surface area contributed by atoms with E-state index >= 15 is 0 Å². The number of imide groups is 2. The van der Waals surface area contributed by atoms with Crippen molar-refractivity contribution in [1.29, 1.82) is 0 Å². The first-order valence-electron chi connectivity index (χ1n) is 11.2. The van der Waals surface area contributed by atoms with Crippen LogP contribution >= 0.6 is 34.2 Å². The van der Waals surface area contributed by atoms with Gasteiger partial charge in [-0.25, -0.2) is 9.69 Å². The van der Waals surface area contributed by atoms with Crippen LogP contribution < -0.4 is 19.7 Å². The molecule has 0 aliphatic carbocycles. The number of barbiturate groups is 1. The summed E-state index contributed by atoms with van der Waals surface area (Å²) in [6.07, 6.45) is 1.34. The standard InChI is InChI=1S/C26H19ClIN3O7/c1-2-37-22-13-16(12-21(28)23(22)38-14-15-3-5-17(27)6-4-15)11-20-24(32)29-26(34)30(25(20)33)18-7-9-19(10-8-18)31(35)36/h3-13H,2,14H2,1H3,(H,29,32,34)/b20-11+. The molecule has 10 nitrogen and oxygen atoms in total. The predicted molar refractivity (Wildman–Crippen MR) is 148 cm³/mol. The molecule has 0 aromatic heterocycles. The number of urea groups is 1. The van der Waals surface area contributed by atoms with Gasteiger partial charge in [0.25, 0.3) is 17.5 Å². The Hall–Kier alpha value is -3.97. The van der Waals surface area contributed by atoms with Crippen molar-refractivity contribution in [2.24, 2.45) is 0 Å². The number of non-ortho nitro benzene ring substituents is 1. The molecule has 12 heteroatoms. The van der Waals surface area contributed by atoms with Gasteiger partial charge in [-0.15, -0.1) is 0 Å². The van der Waals surface area contributed by atoms with Crippen LogP contribution in [0.15, 0.2) is 66.2 Å². The van der Waals surface area contributed by atoms with E-state index in [0.29, 0.717) is 32.3 Å². The number of rotatable bonds is 8. The second-order valence-electron chi connectivity index (χ2n) is 7.91. The summed E-state index contributed by atoms with van der Waals surface area (Å²) in [6, 6.07) is 14.4. The van der Waals surface area contributed by atoms with Gasteiger partial charge in [0, 0.05) is 17.2 Å².